The molecule has 4 atom stereocenters. The fraction of sp³-hybridized carbons (Fsp3) is 0.923. The van der Waals surface area contributed by atoms with E-state index in [9.17, 15) is 4.79 Å². The van der Waals surface area contributed by atoms with E-state index >= 15 is 0 Å². The maximum absolute atomic E-state index is 12.1. The lowest BCUT2D eigenvalue weighted by Gasteiger charge is -2.25. The van der Waals surface area contributed by atoms with Crippen molar-refractivity contribution in [2.45, 2.75) is 70.1 Å². The van der Waals surface area contributed by atoms with Crippen molar-refractivity contribution in [3.63, 3.8) is 0 Å². The molecule has 3 fully saturated rings. The third-order valence-corrected chi connectivity index (χ3v) is 3.76. The number of carbonyl (C=O) groups excluding carboxylic acids is 1. The second-order valence-electron chi connectivity index (χ2n) is 6.38. The topological polar surface area (TPSA) is 63.2 Å². The molecule has 3 saturated heterocycles. The monoisotopic (exact) mass is 272 g/mol. The molecule has 0 aromatic carbocycles. The molecular weight excluding hydrogens is 252 g/mol. The molecule has 19 heavy (non-hydrogen) atoms. The van der Waals surface area contributed by atoms with Gasteiger partial charge in [0.15, 0.2) is 23.3 Å². The maximum Gasteiger partial charge on any atom is 0.341 e. The Kier molecular flexibility index (Phi) is 2.59. The molecule has 108 valence electrons. The van der Waals surface area contributed by atoms with Gasteiger partial charge in [0, 0.05) is 0 Å². The van der Waals surface area contributed by atoms with Crippen LogP contribution in [0.15, 0.2) is 0 Å². The second-order valence-corrected chi connectivity index (χ2v) is 6.38. The predicted octanol–water partition coefficient (Wildman–Crippen LogP) is 0.973. The van der Waals surface area contributed by atoms with E-state index in [1.165, 1.54) is 0 Å². The summed E-state index contributed by atoms with van der Waals surface area (Å²) in [6.07, 6.45) is -1.30. The highest BCUT2D eigenvalue weighted by molar-refractivity contribution is 5.83. The van der Waals surface area contributed by atoms with Gasteiger partial charge in [-0.1, -0.05) is 0 Å². The van der Waals surface area contributed by atoms with Gasteiger partial charge in [-0.25, -0.2) is 4.79 Å². The number of carbonyl (C=O) groups is 1. The highest BCUT2D eigenvalue weighted by Crippen LogP contribution is 2.46. The molecule has 3 aliphatic heterocycles. The predicted molar refractivity (Wildman–Crippen MR) is 63.2 cm³/mol. The van der Waals surface area contributed by atoms with Crippen LogP contribution in [-0.2, 0) is 28.5 Å². The van der Waals surface area contributed by atoms with Crippen molar-refractivity contribution in [3.05, 3.63) is 0 Å². The molecule has 0 N–H and O–H groups in total. The minimum atomic E-state index is -1.07. The summed E-state index contributed by atoms with van der Waals surface area (Å²) in [7, 11) is 0. The lowest BCUT2D eigenvalue weighted by molar-refractivity contribution is -0.207. The van der Waals surface area contributed by atoms with Crippen molar-refractivity contribution >= 4 is 5.97 Å². The number of hydrogen-bond donors (Lipinski definition) is 0. The Balaban J connectivity index is 1.84. The van der Waals surface area contributed by atoms with Gasteiger partial charge >= 0.3 is 5.97 Å². The van der Waals surface area contributed by atoms with Gasteiger partial charge in [0.2, 0.25) is 0 Å². The van der Waals surface area contributed by atoms with Crippen LogP contribution in [0.25, 0.3) is 0 Å². The average molecular weight is 272 g/mol. The summed E-state index contributed by atoms with van der Waals surface area (Å²) >= 11 is 0. The summed E-state index contributed by atoms with van der Waals surface area (Å²) in [5, 5.41) is 0. The molecular formula is C13H20O6. The van der Waals surface area contributed by atoms with Gasteiger partial charge in [0.25, 0.3) is 0 Å². The van der Waals surface area contributed by atoms with E-state index in [-0.39, 0.29) is 6.10 Å². The molecule has 3 rings (SSSR count). The summed E-state index contributed by atoms with van der Waals surface area (Å²) in [5.74, 6) is -1.86. The molecule has 0 saturated carbocycles. The van der Waals surface area contributed by atoms with Crippen molar-refractivity contribution in [1.29, 1.82) is 0 Å². The van der Waals surface area contributed by atoms with Gasteiger partial charge in [0.05, 0.1) is 6.61 Å². The molecule has 0 aromatic heterocycles. The van der Waals surface area contributed by atoms with E-state index in [2.05, 4.69) is 0 Å². The molecule has 0 bridgehead atoms. The summed E-state index contributed by atoms with van der Waals surface area (Å²) in [5.41, 5.74) is -1.07. The summed E-state index contributed by atoms with van der Waals surface area (Å²) < 4.78 is 28.3. The zero-order chi connectivity index (χ0) is 14.1. The number of rotatable bonds is 1. The lowest BCUT2D eigenvalue weighted by Crippen LogP contribution is -2.44. The van der Waals surface area contributed by atoms with Crippen molar-refractivity contribution in [1.82, 2.24) is 0 Å². The van der Waals surface area contributed by atoms with Crippen LogP contribution in [0.3, 0.4) is 0 Å². The molecule has 0 spiro atoms. The molecule has 0 amide bonds. The van der Waals surface area contributed by atoms with Crippen LogP contribution in [0.2, 0.25) is 0 Å². The van der Waals surface area contributed by atoms with Gasteiger partial charge in [-0.2, -0.15) is 0 Å². The Morgan fingerprint density at radius 3 is 2.32 bits per heavy atom. The van der Waals surface area contributed by atoms with Crippen molar-refractivity contribution in [2.24, 2.45) is 0 Å². The smallest absolute Gasteiger partial charge is 0.341 e. The first-order valence-corrected chi connectivity index (χ1v) is 6.54. The molecule has 4 unspecified atom stereocenters. The lowest BCUT2D eigenvalue weighted by atomic mass is 9.96. The maximum atomic E-state index is 12.1. The van der Waals surface area contributed by atoms with Crippen LogP contribution in [0.1, 0.15) is 34.6 Å². The highest BCUT2D eigenvalue weighted by Gasteiger charge is 2.67. The Labute approximate surface area is 112 Å². The van der Waals surface area contributed by atoms with Gasteiger partial charge in [-0.3, -0.25) is 0 Å². The number of ether oxygens (including phenoxy) is 5. The van der Waals surface area contributed by atoms with E-state index in [4.69, 9.17) is 23.7 Å². The summed E-state index contributed by atoms with van der Waals surface area (Å²) in [6, 6.07) is 0. The minimum Gasteiger partial charge on any atom is -0.454 e. The van der Waals surface area contributed by atoms with E-state index in [0.29, 0.717) is 6.61 Å². The van der Waals surface area contributed by atoms with Crippen LogP contribution in [0.4, 0.5) is 0 Å². The van der Waals surface area contributed by atoms with Crippen molar-refractivity contribution in [3.8, 4) is 0 Å². The van der Waals surface area contributed by atoms with Crippen LogP contribution >= 0.6 is 0 Å². The molecule has 0 aliphatic carbocycles. The summed E-state index contributed by atoms with van der Waals surface area (Å²) in [4.78, 5) is 12.1. The molecule has 6 nitrogen and oxygen atoms in total. The first-order chi connectivity index (χ1) is 8.63. The molecule has 3 heterocycles. The Bertz CT molecular complexity index is 417. The number of esters is 1. The van der Waals surface area contributed by atoms with E-state index in [1.807, 2.05) is 13.8 Å². The van der Waals surface area contributed by atoms with Gasteiger partial charge in [-0.15, -0.1) is 0 Å². The Morgan fingerprint density at radius 1 is 1.05 bits per heavy atom. The second kappa shape index (κ2) is 3.69. The highest BCUT2D eigenvalue weighted by atomic mass is 16.8. The molecule has 6 heteroatoms. The third kappa shape index (κ3) is 1.98. The SMILES string of the molecule is CC1(C)OCC(C2OC(=O)C3(C)OC(C)(C)OC23)O1. The standard InChI is InChI=1S/C13H20O6/c1-11(2)15-6-7(17-11)8-9-13(5,10(14)16-8)19-12(3,4)18-9/h7-9H,6H2,1-5H3. The Hall–Kier alpha value is -0.690. The third-order valence-electron chi connectivity index (χ3n) is 3.76. The molecule has 0 aromatic rings. The van der Waals surface area contributed by atoms with Crippen LogP contribution in [0, 0.1) is 0 Å². The normalized spacial score (nSPS) is 47.2. The zero-order valence-electron chi connectivity index (χ0n) is 11.9. The van der Waals surface area contributed by atoms with Crippen LogP contribution in [-0.4, -0.2) is 48.1 Å². The first-order valence-electron chi connectivity index (χ1n) is 6.54. The fourth-order valence-electron chi connectivity index (χ4n) is 3.00. The quantitative estimate of drug-likeness (QED) is 0.663. The largest absolute Gasteiger partial charge is 0.454 e. The first kappa shape index (κ1) is 13.3. The van der Waals surface area contributed by atoms with Gasteiger partial charge in [0.1, 0.15) is 12.2 Å². The van der Waals surface area contributed by atoms with Crippen molar-refractivity contribution < 1.29 is 28.5 Å². The fourth-order valence-corrected chi connectivity index (χ4v) is 3.00. The molecule has 0 radical (unpaired) electrons. The zero-order valence-corrected chi connectivity index (χ0v) is 11.9. The van der Waals surface area contributed by atoms with Gasteiger partial charge in [-0.05, 0) is 34.6 Å². The van der Waals surface area contributed by atoms with Crippen LogP contribution in [0.5, 0.6) is 0 Å². The van der Waals surface area contributed by atoms with Gasteiger partial charge < -0.3 is 23.7 Å². The van der Waals surface area contributed by atoms with Crippen molar-refractivity contribution in [2.75, 3.05) is 6.61 Å². The number of fused-ring (bicyclic) bond motifs is 1. The average Bonchev–Trinajstić information content (AvgIpc) is 2.79. The summed E-state index contributed by atoms with van der Waals surface area (Å²) in [6.45, 7) is 9.32. The van der Waals surface area contributed by atoms with Crippen LogP contribution < -0.4 is 0 Å². The minimum absolute atomic E-state index is 0.330. The molecule has 3 aliphatic rings. The number of hydrogen-bond acceptors (Lipinski definition) is 6. The van der Waals surface area contributed by atoms with E-state index < -0.39 is 35.4 Å². The van der Waals surface area contributed by atoms with E-state index in [0.717, 1.165) is 0 Å². The number of cyclic esters (lactones) is 1. The Morgan fingerprint density at radius 2 is 1.74 bits per heavy atom. The van der Waals surface area contributed by atoms with E-state index in [1.54, 1.807) is 20.8 Å².